The van der Waals surface area contributed by atoms with Gasteiger partial charge < -0.3 is 14.9 Å². The number of carbonyl (C=O) groups excluding carboxylic acids is 1. The monoisotopic (exact) mass is 278 g/mol. The number of hydrogen-bond donors (Lipinski definition) is 1. The highest BCUT2D eigenvalue weighted by atomic mass is 16.3. The van der Waals surface area contributed by atoms with Crippen molar-refractivity contribution in [2.75, 3.05) is 33.7 Å². The zero-order valence-corrected chi connectivity index (χ0v) is 13.0. The highest BCUT2D eigenvalue weighted by Crippen LogP contribution is 2.12. The van der Waals surface area contributed by atoms with Crippen molar-refractivity contribution in [2.24, 2.45) is 5.92 Å². The summed E-state index contributed by atoms with van der Waals surface area (Å²) in [5.74, 6) is 0.774. The number of carbonyl (C=O) groups is 1. The molecule has 0 aliphatic rings. The minimum absolute atomic E-state index is 0.117. The normalized spacial score (nSPS) is 11.1. The van der Waals surface area contributed by atoms with Gasteiger partial charge in [0, 0.05) is 19.6 Å². The Labute approximate surface area is 122 Å². The molecule has 1 amide bonds. The van der Waals surface area contributed by atoms with E-state index in [0.29, 0.717) is 12.3 Å². The van der Waals surface area contributed by atoms with Crippen LogP contribution in [0.1, 0.15) is 19.4 Å². The first-order chi connectivity index (χ1) is 9.38. The highest BCUT2D eigenvalue weighted by Gasteiger charge is 2.15. The number of likely N-dealkylation sites (N-methyl/N-ethyl adjacent to an activating group) is 1. The third-order valence-electron chi connectivity index (χ3n) is 3.02. The van der Waals surface area contributed by atoms with Gasteiger partial charge in [-0.1, -0.05) is 26.0 Å². The van der Waals surface area contributed by atoms with Crippen LogP contribution in [0.4, 0.5) is 0 Å². The van der Waals surface area contributed by atoms with Gasteiger partial charge in [0.05, 0.1) is 6.42 Å². The van der Waals surface area contributed by atoms with Gasteiger partial charge in [0.2, 0.25) is 5.91 Å². The lowest BCUT2D eigenvalue weighted by atomic mass is 10.1. The van der Waals surface area contributed by atoms with Crippen LogP contribution in [0.3, 0.4) is 0 Å². The molecule has 20 heavy (non-hydrogen) atoms. The Hall–Kier alpha value is -1.55. The van der Waals surface area contributed by atoms with E-state index in [1.54, 1.807) is 18.2 Å². The molecular formula is C16H26N2O2. The van der Waals surface area contributed by atoms with Gasteiger partial charge in [-0.05, 0) is 37.7 Å². The number of rotatable bonds is 7. The number of amides is 1. The van der Waals surface area contributed by atoms with Crippen LogP contribution in [-0.4, -0.2) is 54.5 Å². The molecule has 1 N–H and O–H groups in total. The predicted molar refractivity (Wildman–Crippen MR) is 81.8 cm³/mol. The summed E-state index contributed by atoms with van der Waals surface area (Å²) in [6.07, 6.45) is 0.342. The molecule has 4 nitrogen and oxygen atoms in total. The second kappa shape index (κ2) is 7.90. The summed E-state index contributed by atoms with van der Waals surface area (Å²) < 4.78 is 0. The fourth-order valence-corrected chi connectivity index (χ4v) is 2.03. The van der Waals surface area contributed by atoms with E-state index in [9.17, 15) is 9.90 Å². The number of phenolic OH excluding ortho intramolecular Hbond substituents is 1. The number of hydrogen-bond acceptors (Lipinski definition) is 3. The van der Waals surface area contributed by atoms with E-state index in [4.69, 9.17) is 0 Å². The summed E-state index contributed by atoms with van der Waals surface area (Å²) in [6, 6.07) is 6.91. The summed E-state index contributed by atoms with van der Waals surface area (Å²) in [7, 11) is 4.01. The Kier molecular flexibility index (Phi) is 6.52. The SMILES string of the molecule is CC(C)CN(CCN(C)C)C(=O)Cc1cccc(O)c1. The maximum Gasteiger partial charge on any atom is 0.227 e. The molecule has 1 rings (SSSR count). The quantitative estimate of drug-likeness (QED) is 0.829. The fourth-order valence-electron chi connectivity index (χ4n) is 2.03. The van der Waals surface area contributed by atoms with Gasteiger partial charge in [-0.25, -0.2) is 0 Å². The molecular weight excluding hydrogens is 252 g/mol. The molecule has 0 aliphatic carbocycles. The Morgan fingerprint density at radius 1 is 1.25 bits per heavy atom. The van der Waals surface area contributed by atoms with Crippen molar-refractivity contribution >= 4 is 5.91 Å². The van der Waals surface area contributed by atoms with Crippen LogP contribution in [0, 0.1) is 5.92 Å². The summed E-state index contributed by atoms with van der Waals surface area (Å²) in [5.41, 5.74) is 0.855. The van der Waals surface area contributed by atoms with Crippen molar-refractivity contribution in [3.8, 4) is 5.75 Å². The molecule has 0 radical (unpaired) electrons. The Bertz CT molecular complexity index is 430. The highest BCUT2D eigenvalue weighted by molar-refractivity contribution is 5.78. The van der Waals surface area contributed by atoms with Gasteiger partial charge in [0.1, 0.15) is 5.75 Å². The summed E-state index contributed by atoms with van der Waals surface area (Å²) in [5, 5.41) is 9.45. The minimum Gasteiger partial charge on any atom is -0.508 e. The number of aromatic hydroxyl groups is 1. The van der Waals surface area contributed by atoms with Crippen molar-refractivity contribution in [2.45, 2.75) is 20.3 Å². The lowest BCUT2D eigenvalue weighted by Gasteiger charge is -2.26. The first kappa shape index (κ1) is 16.5. The van der Waals surface area contributed by atoms with Crippen LogP contribution in [-0.2, 0) is 11.2 Å². The second-order valence-electron chi connectivity index (χ2n) is 5.88. The van der Waals surface area contributed by atoms with Crippen LogP contribution < -0.4 is 0 Å². The lowest BCUT2D eigenvalue weighted by molar-refractivity contribution is -0.131. The molecule has 0 saturated heterocycles. The predicted octanol–water partition coefficient (Wildman–Crippen LogP) is 1.98. The average Bonchev–Trinajstić information content (AvgIpc) is 2.33. The van der Waals surface area contributed by atoms with E-state index in [0.717, 1.165) is 25.2 Å². The van der Waals surface area contributed by atoms with E-state index < -0.39 is 0 Å². The zero-order valence-electron chi connectivity index (χ0n) is 13.0. The molecule has 4 heteroatoms. The summed E-state index contributed by atoms with van der Waals surface area (Å²) >= 11 is 0. The topological polar surface area (TPSA) is 43.8 Å². The molecule has 0 saturated carbocycles. The summed E-state index contributed by atoms with van der Waals surface area (Å²) in [4.78, 5) is 16.4. The second-order valence-corrected chi connectivity index (χ2v) is 5.88. The van der Waals surface area contributed by atoms with E-state index in [2.05, 4.69) is 18.7 Å². The molecule has 0 aliphatic heterocycles. The largest absolute Gasteiger partial charge is 0.508 e. The van der Waals surface area contributed by atoms with Gasteiger partial charge in [-0.15, -0.1) is 0 Å². The third kappa shape index (κ3) is 6.06. The van der Waals surface area contributed by atoms with Crippen LogP contribution in [0.15, 0.2) is 24.3 Å². The smallest absolute Gasteiger partial charge is 0.227 e. The Morgan fingerprint density at radius 3 is 2.50 bits per heavy atom. The molecule has 0 heterocycles. The maximum atomic E-state index is 12.4. The third-order valence-corrected chi connectivity index (χ3v) is 3.02. The van der Waals surface area contributed by atoms with Gasteiger partial charge in [-0.3, -0.25) is 4.79 Å². The standard InChI is InChI=1S/C16H26N2O2/c1-13(2)12-18(9-8-17(3)4)16(20)11-14-6-5-7-15(19)10-14/h5-7,10,13,19H,8-9,11-12H2,1-4H3. The van der Waals surface area contributed by atoms with Crippen molar-refractivity contribution < 1.29 is 9.90 Å². The lowest BCUT2D eigenvalue weighted by Crippen LogP contribution is -2.39. The van der Waals surface area contributed by atoms with E-state index in [1.807, 2.05) is 25.1 Å². The number of nitrogens with zero attached hydrogens (tertiary/aromatic N) is 2. The Balaban J connectivity index is 2.66. The number of phenols is 1. The van der Waals surface area contributed by atoms with Crippen LogP contribution >= 0.6 is 0 Å². The summed E-state index contributed by atoms with van der Waals surface area (Å²) in [6.45, 7) is 6.60. The van der Waals surface area contributed by atoms with Crippen molar-refractivity contribution in [1.29, 1.82) is 0 Å². The molecule has 0 fully saturated rings. The molecule has 1 aromatic carbocycles. The van der Waals surface area contributed by atoms with Gasteiger partial charge >= 0.3 is 0 Å². The molecule has 0 unspecified atom stereocenters. The zero-order chi connectivity index (χ0) is 15.1. The van der Waals surface area contributed by atoms with Gasteiger partial charge in [-0.2, -0.15) is 0 Å². The molecule has 0 bridgehead atoms. The van der Waals surface area contributed by atoms with Crippen LogP contribution in [0.25, 0.3) is 0 Å². The molecule has 112 valence electrons. The molecule has 0 aromatic heterocycles. The first-order valence-electron chi connectivity index (χ1n) is 7.09. The molecule has 0 atom stereocenters. The van der Waals surface area contributed by atoms with Crippen molar-refractivity contribution in [1.82, 2.24) is 9.80 Å². The molecule has 0 spiro atoms. The van der Waals surface area contributed by atoms with Crippen LogP contribution in [0.5, 0.6) is 5.75 Å². The Morgan fingerprint density at radius 2 is 1.95 bits per heavy atom. The van der Waals surface area contributed by atoms with Crippen LogP contribution in [0.2, 0.25) is 0 Å². The average molecular weight is 278 g/mol. The van der Waals surface area contributed by atoms with Crippen molar-refractivity contribution in [3.63, 3.8) is 0 Å². The van der Waals surface area contributed by atoms with E-state index in [-0.39, 0.29) is 11.7 Å². The molecule has 1 aromatic rings. The number of benzene rings is 1. The van der Waals surface area contributed by atoms with Gasteiger partial charge in [0.15, 0.2) is 0 Å². The first-order valence-corrected chi connectivity index (χ1v) is 7.09. The van der Waals surface area contributed by atoms with Gasteiger partial charge in [0.25, 0.3) is 0 Å². The van der Waals surface area contributed by atoms with E-state index >= 15 is 0 Å². The van der Waals surface area contributed by atoms with E-state index in [1.165, 1.54) is 0 Å². The maximum absolute atomic E-state index is 12.4. The fraction of sp³-hybridized carbons (Fsp3) is 0.562. The minimum atomic E-state index is 0.117. The van der Waals surface area contributed by atoms with Crippen molar-refractivity contribution in [3.05, 3.63) is 29.8 Å².